The van der Waals surface area contributed by atoms with Crippen LogP contribution in [0.5, 0.6) is 0 Å². The normalized spacial score (nSPS) is 33.0. The van der Waals surface area contributed by atoms with Gasteiger partial charge in [0.15, 0.2) is 0 Å². The summed E-state index contributed by atoms with van der Waals surface area (Å²) in [6, 6.07) is -0.390. The summed E-state index contributed by atoms with van der Waals surface area (Å²) in [5, 5.41) is 0. The van der Waals surface area contributed by atoms with E-state index in [-0.39, 0.29) is 29.9 Å². The molecule has 3 rings (SSSR count). The molecule has 0 spiro atoms. The lowest BCUT2D eigenvalue weighted by Gasteiger charge is -2.49. The van der Waals surface area contributed by atoms with Gasteiger partial charge in [-0.3, -0.25) is 9.59 Å². The van der Waals surface area contributed by atoms with Gasteiger partial charge in [0.25, 0.3) is 0 Å². The second kappa shape index (κ2) is 5.95. The van der Waals surface area contributed by atoms with E-state index in [4.69, 9.17) is 4.74 Å². The Morgan fingerprint density at radius 3 is 2.52 bits per heavy atom. The maximum absolute atomic E-state index is 12.9. The first kappa shape index (κ1) is 14.8. The van der Waals surface area contributed by atoms with Gasteiger partial charge in [-0.15, -0.1) is 0 Å². The van der Waals surface area contributed by atoms with Crippen LogP contribution in [0.25, 0.3) is 0 Å². The van der Waals surface area contributed by atoms with Crippen molar-refractivity contribution in [2.75, 3.05) is 19.8 Å². The van der Waals surface area contributed by atoms with Crippen molar-refractivity contribution in [3.63, 3.8) is 0 Å². The van der Waals surface area contributed by atoms with E-state index in [0.717, 1.165) is 51.9 Å². The van der Waals surface area contributed by atoms with Gasteiger partial charge in [-0.25, -0.2) is 0 Å². The van der Waals surface area contributed by atoms with Crippen LogP contribution in [0.1, 0.15) is 46.0 Å². The molecule has 3 atom stereocenters. The Morgan fingerprint density at radius 2 is 1.81 bits per heavy atom. The topological polar surface area (TPSA) is 49.9 Å². The summed E-state index contributed by atoms with van der Waals surface area (Å²) in [4.78, 5) is 29.2. The number of hydrogen-bond acceptors (Lipinski definition) is 3. The molecular formula is C16H26N2O3. The second-order valence-electron chi connectivity index (χ2n) is 6.66. The van der Waals surface area contributed by atoms with Crippen molar-refractivity contribution in [1.82, 2.24) is 9.80 Å². The third kappa shape index (κ3) is 2.56. The third-order valence-electron chi connectivity index (χ3n) is 5.49. The van der Waals surface area contributed by atoms with E-state index >= 15 is 0 Å². The minimum absolute atomic E-state index is 0.129. The van der Waals surface area contributed by atoms with E-state index in [9.17, 15) is 9.59 Å². The monoisotopic (exact) mass is 294 g/mol. The number of fused-ring (bicyclic) bond motifs is 1. The smallest absolute Gasteiger partial charge is 0.246 e. The summed E-state index contributed by atoms with van der Waals surface area (Å²) < 4.78 is 5.42. The molecule has 0 aromatic rings. The van der Waals surface area contributed by atoms with Crippen LogP contribution in [0.15, 0.2) is 0 Å². The molecule has 0 aliphatic carbocycles. The van der Waals surface area contributed by atoms with Crippen molar-refractivity contribution in [3.8, 4) is 0 Å². The quantitative estimate of drug-likeness (QED) is 0.774. The first-order valence-electron chi connectivity index (χ1n) is 8.31. The Labute approximate surface area is 126 Å². The third-order valence-corrected chi connectivity index (χ3v) is 5.49. The molecule has 0 aromatic carbocycles. The van der Waals surface area contributed by atoms with Crippen molar-refractivity contribution in [3.05, 3.63) is 0 Å². The Kier molecular flexibility index (Phi) is 4.20. The number of hydrogen-bond donors (Lipinski definition) is 0. The molecule has 0 saturated carbocycles. The van der Waals surface area contributed by atoms with Gasteiger partial charge in [-0.1, -0.05) is 0 Å². The molecule has 2 amide bonds. The molecule has 0 bridgehead atoms. The summed E-state index contributed by atoms with van der Waals surface area (Å²) in [6.07, 6.45) is 4.88. The molecular weight excluding hydrogens is 268 g/mol. The fourth-order valence-corrected chi connectivity index (χ4v) is 4.15. The summed E-state index contributed by atoms with van der Waals surface area (Å²) in [5.41, 5.74) is 0. The molecule has 0 radical (unpaired) electrons. The van der Waals surface area contributed by atoms with Crippen LogP contribution < -0.4 is 0 Å². The number of piperazine rings is 1. The van der Waals surface area contributed by atoms with E-state index in [0.29, 0.717) is 5.92 Å². The number of ether oxygens (including phenoxy) is 1. The van der Waals surface area contributed by atoms with Crippen LogP contribution >= 0.6 is 0 Å². The van der Waals surface area contributed by atoms with Gasteiger partial charge >= 0.3 is 0 Å². The molecule has 3 unspecified atom stereocenters. The van der Waals surface area contributed by atoms with Crippen LogP contribution in [0.3, 0.4) is 0 Å². The Hall–Kier alpha value is -1.10. The standard InChI is InChI=1S/C16H26N2O3/c1-11(13-6-9-21-10-7-13)18-12(2)15(19)17-8-4-3-5-14(17)16(18)20/h11-14H,3-10H2,1-2H3. The van der Waals surface area contributed by atoms with Crippen molar-refractivity contribution in [2.24, 2.45) is 5.92 Å². The number of piperidine rings is 1. The first-order chi connectivity index (χ1) is 10.1. The summed E-state index contributed by atoms with van der Waals surface area (Å²) in [6.45, 7) is 6.29. The molecule has 3 aliphatic heterocycles. The average Bonchev–Trinajstić information content (AvgIpc) is 2.53. The van der Waals surface area contributed by atoms with Crippen LogP contribution in [0.4, 0.5) is 0 Å². The fourth-order valence-electron chi connectivity index (χ4n) is 4.15. The zero-order chi connectivity index (χ0) is 15.0. The first-order valence-corrected chi connectivity index (χ1v) is 8.31. The highest BCUT2D eigenvalue weighted by atomic mass is 16.5. The Bertz CT molecular complexity index is 420. The van der Waals surface area contributed by atoms with Gasteiger partial charge in [-0.05, 0) is 51.9 Å². The van der Waals surface area contributed by atoms with Gasteiger partial charge in [0.05, 0.1) is 0 Å². The fraction of sp³-hybridized carbons (Fsp3) is 0.875. The SMILES string of the molecule is CC1C(=O)N2CCCCC2C(=O)N1C(C)C1CCOCC1. The molecule has 0 aromatic heterocycles. The molecule has 5 nitrogen and oxygen atoms in total. The number of amides is 2. The number of nitrogens with zero attached hydrogens (tertiary/aromatic N) is 2. The molecule has 21 heavy (non-hydrogen) atoms. The number of carbonyl (C=O) groups is 2. The zero-order valence-corrected chi connectivity index (χ0v) is 13.1. The van der Waals surface area contributed by atoms with Crippen LogP contribution in [0, 0.1) is 5.92 Å². The predicted molar refractivity (Wildman–Crippen MR) is 78.7 cm³/mol. The zero-order valence-electron chi connectivity index (χ0n) is 13.1. The van der Waals surface area contributed by atoms with E-state index in [1.807, 2.05) is 16.7 Å². The minimum Gasteiger partial charge on any atom is -0.381 e. The molecule has 3 aliphatic rings. The highest BCUT2D eigenvalue weighted by Gasteiger charge is 2.47. The molecule has 5 heteroatoms. The maximum atomic E-state index is 12.9. The highest BCUT2D eigenvalue weighted by molar-refractivity contribution is 5.97. The minimum atomic E-state index is -0.315. The Balaban J connectivity index is 1.79. The molecule has 118 valence electrons. The predicted octanol–water partition coefficient (Wildman–Crippen LogP) is 1.41. The van der Waals surface area contributed by atoms with Gasteiger partial charge in [-0.2, -0.15) is 0 Å². The van der Waals surface area contributed by atoms with E-state index < -0.39 is 0 Å². The molecule has 3 saturated heterocycles. The van der Waals surface area contributed by atoms with Crippen molar-refractivity contribution >= 4 is 11.8 Å². The van der Waals surface area contributed by atoms with Gasteiger partial charge < -0.3 is 14.5 Å². The van der Waals surface area contributed by atoms with Gasteiger partial charge in [0, 0.05) is 25.8 Å². The van der Waals surface area contributed by atoms with Crippen molar-refractivity contribution in [1.29, 1.82) is 0 Å². The summed E-state index contributed by atoms with van der Waals surface area (Å²) in [5.74, 6) is 0.757. The summed E-state index contributed by atoms with van der Waals surface area (Å²) in [7, 11) is 0. The lowest BCUT2D eigenvalue weighted by Crippen LogP contribution is -2.67. The Morgan fingerprint density at radius 1 is 1.10 bits per heavy atom. The van der Waals surface area contributed by atoms with Crippen LogP contribution in [-0.2, 0) is 14.3 Å². The largest absolute Gasteiger partial charge is 0.381 e. The van der Waals surface area contributed by atoms with Gasteiger partial charge in [0.2, 0.25) is 11.8 Å². The average molecular weight is 294 g/mol. The van der Waals surface area contributed by atoms with E-state index in [1.54, 1.807) is 0 Å². The van der Waals surface area contributed by atoms with E-state index in [2.05, 4.69) is 6.92 Å². The summed E-state index contributed by atoms with van der Waals surface area (Å²) >= 11 is 0. The van der Waals surface area contributed by atoms with Crippen LogP contribution in [-0.4, -0.2) is 59.5 Å². The van der Waals surface area contributed by atoms with Crippen molar-refractivity contribution in [2.45, 2.75) is 64.1 Å². The van der Waals surface area contributed by atoms with E-state index in [1.165, 1.54) is 0 Å². The highest BCUT2D eigenvalue weighted by Crippen LogP contribution is 2.31. The molecule has 0 N–H and O–H groups in total. The lowest BCUT2D eigenvalue weighted by atomic mass is 9.88. The van der Waals surface area contributed by atoms with Crippen molar-refractivity contribution < 1.29 is 14.3 Å². The molecule has 3 heterocycles. The van der Waals surface area contributed by atoms with Gasteiger partial charge in [0.1, 0.15) is 12.1 Å². The second-order valence-corrected chi connectivity index (χ2v) is 6.66. The number of rotatable bonds is 2. The maximum Gasteiger partial charge on any atom is 0.246 e. The lowest BCUT2D eigenvalue weighted by molar-refractivity contribution is -0.167. The number of carbonyl (C=O) groups excluding carboxylic acids is 2. The molecule has 3 fully saturated rings. The van der Waals surface area contributed by atoms with Crippen LogP contribution in [0.2, 0.25) is 0 Å².